The fourth-order valence-electron chi connectivity index (χ4n) is 3.55. The summed E-state index contributed by atoms with van der Waals surface area (Å²) in [5.41, 5.74) is 1.92. The minimum atomic E-state index is -0.0184. The molecule has 3 rings (SSSR count). The molecule has 1 heterocycles. The lowest BCUT2D eigenvalue weighted by atomic mass is 9.70. The van der Waals surface area contributed by atoms with Crippen molar-refractivity contribution >= 4 is 0 Å². The largest absolute Gasteiger partial charge is 0.497 e. The van der Waals surface area contributed by atoms with Gasteiger partial charge in [-0.05, 0) is 54.8 Å². The highest BCUT2D eigenvalue weighted by atomic mass is 16.5. The van der Waals surface area contributed by atoms with Crippen molar-refractivity contribution in [3.63, 3.8) is 0 Å². The summed E-state index contributed by atoms with van der Waals surface area (Å²) in [6.45, 7) is 4.78. The second-order valence-corrected chi connectivity index (χ2v) is 6.87. The third kappa shape index (κ3) is 3.94. The smallest absolute Gasteiger partial charge is 0.120 e. The topological polar surface area (TPSA) is 54.3 Å². The van der Waals surface area contributed by atoms with Crippen molar-refractivity contribution in [3.8, 4) is 17.6 Å². The molecule has 1 N–H and O–H groups in total. The molecule has 130 valence electrons. The number of nitrogens with one attached hydrogen (secondary N) is 1. The Morgan fingerprint density at radius 2 is 2.00 bits per heavy atom. The normalized spacial score (nSPS) is 22.8. The quantitative estimate of drug-likeness (QED) is 0.904. The van der Waals surface area contributed by atoms with Crippen molar-refractivity contribution in [2.75, 3.05) is 26.8 Å². The molecule has 0 bridgehead atoms. The Morgan fingerprint density at radius 1 is 1.20 bits per heavy atom. The number of nitrogens with zero attached hydrogens (tertiary/aromatic N) is 1. The molecule has 2 aromatic rings. The highest BCUT2D eigenvalue weighted by molar-refractivity contribution is 5.36. The maximum Gasteiger partial charge on any atom is 0.120 e. The SMILES string of the molecule is COc1ccc([C@@H]2CCNC[C@]2(C)COc2cccc(C#N)c2)cc1. The van der Waals surface area contributed by atoms with Gasteiger partial charge in [-0.15, -0.1) is 0 Å². The molecule has 0 aliphatic carbocycles. The van der Waals surface area contributed by atoms with E-state index in [0.29, 0.717) is 18.1 Å². The van der Waals surface area contributed by atoms with Gasteiger partial charge in [-0.1, -0.05) is 25.1 Å². The summed E-state index contributed by atoms with van der Waals surface area (Å²) in [4.78, 5) is 0. The number of methoxy groups -OCH3 is 1. The zero-order valence-corrected chi connectivity index (χ0v) is 14.8. The van der Waals surface area contributed by atoms with Gasteiger partial charge in [0.1, 0.15) is 11.5 Å². The molecule has 1 fully saturated rings. The lowest BCUT2D eigenvalue weighted by molar-refractivity contribution is 0.104. The maximum absolute atomic E-state index is 9.04. The van der Waals surface area contributed by atoms with Crippen molar-refractivity contribution in [2.24, 2.45) is 5.41 Å². The monoisotopic (exact) mass is 336 g/mol. The second-order valence-electron chi connectivity index (χ2n) is 6.87. The molecule has 0 aromatic heterocycles. The van der Waals surface area contributed by atoms with E-state index < -0.39 is 0 Å². The Hall–Kier alpha value is -2.51. The van der Waals surface area contributed by atoms with Crippen molar-refractivity contribution in [3.05, 3.63) is 59.7 Å². The van der Waals surface area contributed by atoms with E-state index in [1.54, 1.807) is 19.2 Å². The molecule has 0 saturated carbocycles. The Kier molecular flexibility index (Phi) is 5.25. The van der Waals surface area contributed by atoms with Crippen LogP contribution in [0.3, 0.4) is 0 Å². The Balaban J connectivity index is 1.76. The summed E-state index contributed by atoms with van der Waals surface area (Å²) in [7, 11) is 1.69. The first-order valence-electron chi connectivity index (χ1n) is 8.62. The summed E-state index contributed by atoms with van der Waals surface area (Å²) in [6.07, 6.45) is 1.07. The van der Waals surface area contributed by atoms with E-state index in [-0.39, 0.29) is 5.41 Å². The molecule has 0 radical (unpaired) electrons. The van der Waals surface area contributed by atoms with Gasteiger partial charge in [0.15, 0.2) is 0 Å². The summed E-state index contributed by atoms with van der Waals surface area (Å²) in [5, 5.41) is 12.5. The van der Waals surface area contributed by atoms with Gasteiger partial charge >= 0.3 is 0 Å². The van der Waals surface area contributed by atoms with Crippen LogP contribution in [0.25, 0.3) is 0 Å². The summed E-state index contributed by atoms with van der Waals surface area (Å²) in [6, 6.07) is 17.9. The fourth-order valence-corrected chi connectivity index (χ4v) is 3.55. The molecule has 4 nitrogen and oxygen atoms in total. The standard InChI is InChI=1S/C21H24N2O2/c1-21(15-25-19-5-3-4-16(12-19)13-22)14-23-11-10-20(21)17-6-8-18(24-2)9-7-17/h3-9,12,20,23H,10-11,14-15H2,1-2H3/t20-,21+/m0/s1. The Morgan fingerprint density at radius 3 is 2.72 bits per heavy atom. The number of piperidine rings is 1. The van der Waals surface area contributed by atoms with Crippen LogP contribution in [0.2, 0.25) is 0 Å². The third-order valence-corrected chi connectivity index (χ3v) is 5.03. The van der Waals surface area contributed by atoms with Crippen LogP contribution < -0.4 is 14.8 Å². The van der Waals surface area contributed by atoms with E-state index in [1.807, 2.05) is 24.3 Å². The van der Waals surface area contributed by atoms with Gasteiger partial charge in [0.05, 0.1) is 25.3 Å². The molecule has 2 atom stereocenters. The van der Waals surface area contributed by atoms with Crippen LogP contribution >= 0.6 is 0 Å². The minimum absolute atomic E-state index is 0.0184. The van der Waals surface area contributed by atoms with E-state index in [2.05, 4.69) is 30.4 Å². The lowest BCUT2D eigenvalue weighted by Crippen LogP contribution is -2.47. The number of benzene rings is 2. The Labute approximate surface area is 149 Å². The summed E-state index contributed by atoms with van der Waals surface area (Å²) < 4.78 is 11.3. The zero-order valence-electron chi connectivity index (χ0n) is 14.8. The van der Waals surface area contributed by atoms with Gasteiger partial charge in [-0.25, -0.2) is 0 Å². The van der Waals surface area contributed by atoms with Crippen LogP contribution in [0.5, 0.6) is 11.5 Å². The number of rotatable bonds is 5. The first kappa shape index (κ1) is 17.3. The average Bonchev–Trinajstić information content (AvgIpc) is 2.67. The van der Waals surface area contributed by atoms with Crippen molar-refractivity contribution in [1.82, 2.24) is 5.32 Å². The van der Waals surface area contributed by atoms with Gasteiger partial charge in [-0.2, -0.15) is 5.26 Å². The van der Waals surface area contributed by atoms with Crippen LogP contribution in [0.4, 0.5) is 0 Å². The maximum atomic E-state index is 9.04. The molecular formula is C21H24N2O2. The summed E-state index contributed by atoms with van der Waals surface area (Å²) >= 11 is 0. The molecule has 0 spiro atoms. The molecular weight excluding hydrogens is 312 g/mol. The molecule has 25 heavy (non-hydrogen) atoms. The summed E-state index contributed by atoms with van der Waals surface area (Å²) in [5.74, 6) is 2.04. The molecule has 0 amide bonds. The van der Waals surface area contributed by atoms with Crippen molar-refractivity contribution in [2.45, 2.75) is 19.3 Å². The number of ether oxygens (including phenoxy) is 2. The van der Waals surface area contributed by atoms with Gasteiger partial charge < -0.3 is 14.8 Å². The third-order valence-electron chi connectivity index (χ3n) is 5.03. The number of hydrogen-bond acceptors (Lipinski definition) is 4. The molecule has 4 heteroatoms. The molecule has 2 aromatic carbocycles. The molecule has 0 unspecified atom stereocenters. The van der Waals surface area contributed by atoms with Gasteiger partial charge in [0.25, 0.3) is 0 Å². The van der Waals surface area contributed by atoms with Crippen LogP contribution in [-0.4, -0.2) is 26.8 Å². The van der Waals surface area contributed by atoms with Crippen molar-refractivity contribution < 1.29 is 9.47 Å². The predicted octanol–water partition coefficient (Wildman–Crippen LogP) is 3.73. The number of nitriles is 1. The van der Waals surface area contributed by atoms with Crippen LogP contribution in [0.1, 0.15) is 30.4 Å². The molecule has 1 aliphatic rings. The van der Waals surface area contributed by atoms with E-state index in [0.717, 1.165) is 31.0 Å². The minimum Gasteiger partial charge on any atom is -0.497 e. The fraction of sp³-hybridized carbons (Fsp3) is 0.381. The van der Waals surface area contributed by atoms with Crippen LogP contribution in [0, 0.1) is 16.7 Å². The molecule has 1 saturated heterocycles. The zero-order chi connectivity index (χ0) is 17.7. The molecule has 1 aliphatic heterocycles. The second kappa shape index (κ2) is 7.58. The van der Waals surface area contributed by atoms with Crippen molar-refractivity contribution in [1.29, 1.82) is 5.26 Å². The highest BCUT2D eigenvalue weighted by Crippen LogP contribution is 2.41. The van der Waals surface area contributed by atoms with E-state index >= 15 is 0 Å². The number of hydrogen-bond donors (Lipinski definition) is 1. The predicted molar refractivity (Wildman–Crippen MR) is 98.0 cm³/mol. The Bertz CT molecular complexity index is 751. The highest BCUT2D eigenvalue weighted by Gasteiger charge is 2.38. The lowest BCUT2D eigenvalue weighted by Gasteiger charge is -2.42. The average molecular weight is 336 g/mol. The van der Waals surface area contributed by atoms with E-state index in [9.17, 15) is 0 Å². The van der Waals surface area contributed by atoms with Gasteiger partial charge in [0.2, 0.25) is 0 Å². The van der Waals surface area contributed by atoms with Crippen LogP contribution in [0.15, 0.2) is 48.5 Å². The van der Waals surface area contributed by atoms with Crippen LogP contribution in [-0.2, 0) is 0 Å². The van der Waals surface area contributed by atoms with Gasteiger partial charge in [0, 0.05) is 12.0 Å². The van der Waals surface area contributed by atoms with E-state index in [1.165, 1.54) is 5.56 Å². The first-order valence-corrected chi connectivity index (χ1v) is 8.62. The van der Waals surface area contributed by atoms with Gasteiger partial charge in [-0.3, -0.25) is 0 Å². The first-order chi connectivity index (χ1) is 12.1. The van der Waals surface area contributed by atoms with E-state index in [4.69, 9.17) is 14.7 Å².